The first-order valence-corrected chi connectivity index (χ1v) is 9.96. The minimum Gasteiger partial charge on any atom is -0.381 e. The van der Waals surface area contributed by atoms with Crippen molar-refractivity contribution < 1.29 is 9.53 Å². The van der Waals surface area contributed by atoms with Gasteiger partial charge in [0.2, 0.25) is 0 Å². The number of rotatable bonds is 4. The summed E-state index contributed by atoms with van der Waals surface area (Å²) in [6.45, 7) is 8.98. The zero-order valence-corrected chi connectivity index (χ0v) is 15.3. The molecule has 4 aliphatic rings. The van der Waals surface area contributed by atoms with Crippen LogP contribution in [-0.2, 0) is 4.74 Å². The predicted octanol–water partition coefficient (Wildman–Crippen LogP) is 2.46. The molecule has 1 spiro atoms. The molecule has 2 bridgehead atoms. The summed E-state index contributed by atoms with van der Waals surface area (Å²) in [5, 5.41) is 3.75. The summed E-state index contributed by atoms with van der Waals surface area (Å²) in [6.07, 6.45) is 7.08. The fraction of sp³-hybridized carbons (Fsp3) is 0.947. The van der Waals surface area contributed by atoms with E-state index < -0.39 is 0 Å². The third-order valence-electron chi connectivity index (χ3n) is 6.51. The van der Waals surface area contributed by atoms with Crippen LogP contribution < -0.4 is 5.32 Å². The van der Waals surface area contributed by atoms with Crippen LogP contribution in [0.2, 0.25) is 0 Å². The number of hydrogen-bond donors (Lipinski definition) is 1. The molecule has 0 radical (unpaired) electrons. The molecule has 4 heterocycles. The summed E-state index contributed by atoms with van der Waals surface area (Å²) in [6, 6.07) is 1.54. The van der Waals surface area contributed by atoms with Crippen molar-refractivity contribution in [2.75, 3.05) is 32.8 Å². The van der Waals surface area contributed by atoms with Gasteiger partial charge < -0.3 is 19.9 Å². The van der Waals surface area contributed by atoms with E-state index in [9.17, 15) is 4.79 Å². The first kappa shape index (κ1) is 16.6. The van der Waals surface area contributed by atoms with Crippen LogP contribution in [0.4, 0.5) is 4.79 Å². The monoisotopic (exact) mass is 335 g/mol. The van der Waals surface area contributed by atoms with Gasteiger partial charge in [-0.3, -0.25) is 0 Å². The van der Waals surface area contributed by atoms with E-state index in [-0.39, 0.29) is 5.54 Å². The van der Waals surface area contributed by atoms with Crippen molar-refractivity contribution in [2.45, 2.75) is 70.0 Å². The van der Waals surface area contributed by atoms with Gasteiger partial charge in [0.15, 0.2) is 0 Å². The number of amides is 2. The number of fused-ring (bicyclic) bond motifs is 2. The Morgan fingerprint density at radius 1 is 1.17 bits per heavy atom. The molecule has 1 N–H and O–H groups in total. The van der Waals surface area contributed by atoms with Gasteiger partial charge in [-0.15, -0.1) is 0 Å². The number of carbonyl (C=O) groups excluding carboxylic acids is 1. The lowest BCUT2D eigenvalue weighted by Gasteiger charge is -2.44. The van der Waals surface area contributed by atoms with Crippen molar-refractivity contribution in [1.82, 2.24) is 15.1 Å². The molecule has 4 fully saturated rings. The summed E-state index contributed by atoms with van der Waals surface area (Å²) in [7, 11) is 0. The van der Waals surface area contributed by atoms with Gasteiger partial charge in [0, 0.05) is 44.9 Å². The Hall–Kier alpha value is -0.810. The van der Waals surface area contributed by atoms with Crippen LogP contribution in [0.5, 0.6) is 0 Å². The van der Waals surface area contributed by atoms with Crippen LogP contribution >= 0.6 is 0 Å². The Kier molecular flexibility index (Phi) is 4.50. The molecule has 0 aromatic rings. The Bertz CT molecular complexity index is 463. The third kappa shape index (κ3) is 3.05. The lowest BCUT2D eigenvalue weighted by Crippen LogP contribution is -2.58. The van der Waals surface area contributed by atoms with Crippen LogP contribution in [0.25, 0.3) is 0 Å². The smallest absolute Gasteiger partial charge is 0.320 e. The van der Waals surface area contributed by atoms with Crippen molar-refractivity contribution in [3.8, 4) is 0 Å². The van der Waals surface area contributed by atoms with Gasteiger partial charge in [0.25, 0.3) is 0 Å². The maximum Gasteiger partial charge on any atom is 0.320 e. The molecule has 136 valence electrons. The molecule has 4 rings (SSSR count). The second-order valence-corrected chi connectivity index (χ2v) is 8.99. The van der Waals surface area contributed by atoms with Crippen molar-refractivity contribution >= 4 is 6.03 Å². The quantitative estimate of drug-likeness (QED) is 0.858. The van der Waals surface area contributed by atoms with E-state index in [1.807, 2.05) is 0 Å². The van der Waals surface area contributed by atoms with E-state index in [1.54, 1.807) is 0 Å². The normalized spacial score (nSPS) is 37.2. The maximum atomic E-state index is 13.2. The molecule has 4 aliphatic heterocycles. The molecule has 24 heavy (non-hydrogen) atoms. The van der Waals surface area contributed by atoms with Crippen molar-refractivity contribution in [1.29, 1.82) is 0 Å². The first-order chi connectivity index (χ1) is 11.6. The fourth-order valence-corrected chi connectivity index (χ4v) is 5.48. The van der Waals surface area contributed by atoms with Crippen LogP contribution in [0.1, 0.15) is 52.4 Å². The Balaban J connectivity index is 1.52. The number of nitrogens with one attached hydrogen (secondary N) is 1. The number of ether oxygens (including phenoxy) is 1. The van der Waals surface area contributed by atoms with Gasteiger partial charge >= 0.3 is 6.03 Å². The highest BCUT2D eigenvalue weighted by Gasteiger charge is 2.54. The van der Waals surface area contributed by atoms with E-state index in [2.05, 4.69) is 29.0 Å². The molecule has 4 saturated heterocycles. The van der Waals surface area contributed by atoms with Crippen molar-refractivity contribution in [2.24, 2.45) is 11.8 Å². The van der Waals surface area contributed by atoms with Gasteiger partial charge in [0.1, 0.15) is 0 Å². The predicted molar refractivity (Wildman–Crippen MR) is 94.0 cm³/mol. The third-order valence-corrected chi connectivity index (χ3v) is 6.51. The number of nitrogens with zero attached hydrogens (tertiary/aromatic N) is 2. The second kappa shape index (κ2) is 6.49. The molecule has 5 heteroatoms. The molecular weight excluding hydrogens is 302 g/mol. The first-order valence-electron chi connectivity index (χ1n) is 9.96. The Labute approximate surface area is 146 Å². The molecule has 0 aromatic heterocycles. The van der Waals surface area contributed by atoms with E-state index in [0.717, 1.165) is 58.5 Å². The number of hydrogen-bond acceptors (Lipinski definition) is 3. The molecule has 2 amide bonds. The zero-order valence-electron chi connectivity index (χ0n) is 15.3. The van der Waals surface area contributed by atoms with E-state index >= 15 is 0 Å². The maximum absolute atomic E-state index is 13.2. The fourth-order valence-electron chi connectivity index (χ4n) is 5.48. The molecular formula is C19H33N3O2. The van der Waals surface area contributed by atoms with Crippen LogP contribution in [0.3, 0.4) is 0 Å². The van der Waals surface area contributed by atoms with E-state index in [4.69, 9.17) is 4.74 Å². The van der Waals surface area contributed by atoms with Gasteiger partial charge in [0.05, 0.1) is 5.54 Å². The number of carbonyl (C=O) groups is 1. The van der Waals surface area contributed by atoms with Crippen LogP contribution in [0, 0.1) is 11.8 Å². The van der Waals surface area contributed by atoms with Gasteiger partial charge in [-0.25, -0.2) is 4.79 Å². The average molecular weight is 335 g/mol. The van der Waals surface area contributed by atoms with E-state index in [1.165, 1.54) is 12.8 Å². The van der Waals surface area contributed by atoms with Crippen LogP contribution in [-0.4, -0.2) is 66.3 Å². The zero-order chi connectivity index (χ0) is 16.7. The summed E-state index contributed by atoms with van der Waals surface area (Å²) >= 11 is 0. The molecule has 0 aliphatic carbocycles. The van der Waals surface area contributed by atoms with Gasteiger partial charge in [-0.05, 0) is 50.4 Å². The highest BCUT2D eigenvalue weighted by atomic mass is 16.5. The molecule has 5 nitrogen and oxygen atoms in total. The Morgan fingerprint density at radius 3 is 2.46 bits per heavy atom. The Morgan fingerprint density at radius 2 is 1.83 bits per heavy atom. The standard InChI is InChI=1S/C19H33N3O2/c1-14(2)11-22-18(23)21(12-15-5-7-24-8-6-15)13-19(22)9-16-3-4-17(10-19)20-16/h14-17,20H,3-13H2,1-2H3. The van der Waals surface area contributed by atoms with Crippen molar-refractivity contribution in [3.63, 3.8) is 0 Å². The summed E-state index contributed by atoms with van der Waals surface area (Å²) in [5.74, 6) is 1.15. The number of urea groups is 1. The van der Waals surface area contributed by atoms with Crippen molar-refractivity contribution in [3.05, 3.63) is 0 Å². The topological polar surface area (TPSA) is 44.8 Å². The molecule has 2 unspecified atom stereocenters. The molecule has 2 atom stereocenters. The lowest BCUT2D eigenvalue weighted by molar-refractivity contribution is 0.0570. The van der Waals surface area contributed by atoms with Gasteiger partial charge in [-0.1, -0.05) is 13.8 Å². The minimum absolute atomic E-state index is 0.0869. The second-order valence-electron chi connectivity index (χ2n) is 8.99. The summed E-state index contributed by atoms with van der Waals surface area (Å²) < 4.78 is 5.49. The lowest BCUT2D eigenvalue weighted by atomic mass is 9.82. The number of piperidine rings is 1. The largest absolute Gasteiger partial charge is 0.381 e. The summed E-state index contributed by atoms with van der Waals surface area (Å²) in [4.78, 5) is 17.7. The summed E-state index contributed by atoms with van der Waals surface area (Å²) in [5.41, 5.74) is 0.0869. The highest BCUT2D eigenvalue weighted by molar-refractivity contribution is 5.78. The van der Waals surface area contributed by atoms with Crippen LogP contribution in [0.15, 0.2) is 0 Å². The SMILES string of the molecule is CC(C)CN1C(=O)N(CC2CCOCC2)CC12CC1CCC(C2)N1. The van der Waals surface area contributed by atoms with E-state index in [0.29, 0.717) is 30.0 Å². The molecule has 0 saturated carbocycles. The average Bonchev–Trinajstić information content (AvgIpc) is 3.01. The molecule has 0 aromatic carbocycles. The minimum atomic E-state index is 0.0869. The highest BCUT2D eigenvalue weighted by Crippen LogP contribution is 2.43. The van der Waals surface area contributed by atoms with Gasteiger partial charge in [-0.2, -0.15) is 0 Å².